The molecule has 0 aliphatic rings. The molecule has 5 nitrogen and oxygen atoms in total. The molecule has 1 heterocycles. The molecule has 102 valence electrons. The molecule has 0 saturated carbocycles. The molecule has 0 amide bonds. The monoisotopic (exact) mass is 252 g/mol. The van der Waals surface area contributed by atoms with Crippen LogP contribution in [0.5, 0.6) is 0 Å². The van der Waals surface area contributed by atoms with Crippen LogP contribution < -0.4 is 10.2 Å². The summed E-state index contributed by atoms with van der Waals surface area (Å²) in [5.74, 6) is 2.55. The first kappa shape index (κ1) is 14.7. The number of rotatable bonds is 7. The van der Waals surface area contributed by atoms with Crippen LogP contribution in [0.15, 0.2) is 6.07 Å². The molecule has 0 unspecified atom stereocenters. The lowest BCUT2D eigenvalue weighted by atomic mass is 10.3. The number of aromatic nitrogens is 2. The molecule has 0 aliphatic carbocycles. The van der Waals surface area contributed by atoms with Crippen LogP contribution in [0, 0.1) is 0 Å². The third-order valence-electron chi connectivity index (χ3n) is 2.69. The Morgan fingerprint density at radius 3 is 2.56 bits per heavy atom. The minimum absolute atomic E-state index is 0.125. The fraction of sp³-hybridized carbons (Fsp3) is 0.692. The molecule has 5 heteroatoms. The van der Waals surface area contributed by atoms with Gasteiger partial charge in [0, 0.05) is 31.6 Å². The van der Waals surface area contributed by atoms with Gasteiger partial charge in [0.1, 0.15) is 17.5 Å². The van der Waals surface area contributed by atoms with Crippen molar-refractivity contribution in [2.24, 2.45) is 0 Å². The Bertz CT molecular complexity index is 368. The van der Waals surface area contributed by atoms with E-state index in [2.05, 4.69) is 34.0 Å². The van der Waals surface area contributed by atoms with E-state index in [9.17, 15) is 0 Å². The van der Waals surface area contributed by atoms with Gasteiger partial charge in [-0.1, -0.05) is 6.92 Å². The second kappa shape index (κ2) is 7.16. The lowest BCUT2D eigenvalue weighted by Gasteiger charge is -2.27. The summed E-state index contributed by atoms with van der Waals surface area (Å²) >= 11 is 0. The molecule has 0 bridgehead atoms. The first-order valence-corrected chi connectivity index (χ1v) is 6.61. The third-order valence-corrected chi connectivity index (χ3v) is 2.69. The highest BCUT2D eigenvalue weighted by Crippen LogP contribution is 2.18. The van der Waals surface area contributed by atoms with E-state index >= 15 is 0 Å². The van der Waals surface area contributed by atoms with Gasteiger partial charge in [-0.15, -0.1) is 0 Å². The first-order chi connectivity index (χ1) is 8.62. The van der Waals surface area contributed by atoms with Gasteiger partial charge in [0.15, 0.2) is 0 Å². The number of hydrogen-bond donors (Lipinski definition) is 2. The number of aryl methyl sites for hydroxylation is 1. The van der Waals surface area contributed by atoms with Crippen molar-refractivity contribution < 1.29 is 5.11 Å². The molecule has 0 fully saturated rings. The molecule has 1 rings (SSSR count). The lowest BCUT2D eigenvalue weighted by Crippen LogP contribution is -2.34. The predicted molar refractivity (Wildman–Crippen MR) is 75.1 cm³/mol. The van der Waals surface area contributed by atoms with E-state index in [1.165, 1.54) is 0 Å². The third kappa shape index (κ3) is 3.84. The molecule has 0 aromatic carbocycles. The summed E-state index contributed by atoms with van der Waals surface area (Å²) in [6, 6.07) is 2.24. The zero-order valence-corrected chi connectivity index (χ0v) is 11.8. The maximum absolute atomic E-state index is 9.15. The van der Waals surface area contributed by atoms with Crippen LogP contribution in [0.2, 0.25) is 0 Å². The molecule has 2 N–H and O–H groups in total. The summed E-state index contributed by atoms with van der Waals surface area (Å²) in [5, 5.41) is 12.4. The number of nitrogens with one attached hydrogen (secondary N) is 1. The molecule has 1 aromatic rings. The topological polar surface area (TPSA) is 61.3 Å². The van der Waals surface area contributed by atoms with E-state index in [1.54, 1.807) is 0 Å². The normalized spacial score (nSPS) is 10.8. The Balaban J connectivity index is 3.07. The van der Waals surface area contributed by atoms with E-state index < -0.39 is 0 Å². The highest BCUT2D eigenvalue weighted by molar-refractivity contribution is 5.50. The summed E-state index contributed by atoms with van der Waals surface area (Å²) < 4.78 is 0. The first-order valence-electron chi connectivity index (χ1n) is 6.61. The fourth-order valence-electron chi connectivity index (χ4n) is 1.81. The Kier molecular flexibility index (Phi) is 5.85. The SMILES string of the molecule is CCNc1cc(N(CCO)C(C)C)nc(CC)n1. The molecular formula is C13H24N4O. The summed E-state index contributed by atoms with van der Waals surface area (Å²) in [6.45, 7) is 9.82. The van der Waals surface area contributed by atoms with Gasteiger partial charge in [-0.05, 0) is 20.8 Å². The van der Waals surface area contributed by atoms with Crippen LogP contribution >= 0.6 is 0 Å². The number of anilines is 2. The van der Waals surface area contributed by atoms with Crippen LogP contribution in [-0.4, -0.2) is 40.8 Å². The van der Waals surface area contributed by atoms with Gasteiger partial charge in [-0.25, -0.2) is 9.97 Å². The Hall–Kier alpha value is -1.36. The number of aliphatic hydroxyl groups is 1. The van der Waals surface area contributed by atoms with Crippen molar-refractivity contribution in [1.82, 2.24) is 9.97 Å². The van der Waals surface area contributed by atoms with E-state index in [1.807, 2.05) is 19.9 Å². The highest BCUT2D eigenvalue weighted by Gasteiger charge is 2.13. The quantitative estimate of drug-likeness (QED) is 0.773. The lowest BCUT2D eigenvalue weighted by molar-refractivity contribution is 0.298. The summed E-state index contributed by atoms with van der Waals surface area (Å²) in [4.78, 5) is 11.1. The Morgan fingerprint density at radius 2 is 2.06 bits per heavy atom. The maximum atomic E-state index is 9.15. The number of hydrogen-bond acceptors (Lipinski definition) is 5. The van der Waals surface area contributed by atoms with Crippen LogP contribution in [0.3, 0.4) is 0 Å². The largest absolute Gasteiger partial charge is 0.395 e. The molecular weight excluding hydrogens is 228 g/mol. The highest BCUT2D eigenvalue weighted by atomic mass is 16.3. The van der Waals surface area contributed by atoms with Crippen LogP contribution in [0.1, 0.15) is 33.5 Å². The average molecular weight is 252 g/mol. The average Bonchev–Trinajstić information content (AvgIpc) is 2.35. The second-order valence-corrected chi connectivity index (χ2v) is 4.42. The molecule has 0 saturated heterocycles. The van der Waals surface area contributed by atoms with Crippen molar-refractivity contribution in [3.63, 3.8) is 0 Å². The Morgan fingerprint density at radius 1 is 1.33 bits per heavy atom. The number of nitrogens with zero attached hydrogens (tertiary/aromatic N) is 3. The van der Waals surface area contributed by atoms with Crippen molar-refractivity contribution in [2.45, 2.75) is 40.2 Å². The van der Waals surface area contributed by atoms with Crippen molar-refractivity contribution in [1.29, 1.82) is 0 Å². The molecule has 0 aliphatic heterocycles. The molecule has 0 radical (unpaired) electrons. The van der Waals surface area contributed by atoms with Crippen molar-refractivity contribution in [3.8, 4) is 0 Å². The van der Waals surface area contributed by atoms with Crippen molar-refractivity contribution in [2.75, 3.05) is 29.9 Å². The Labute approximate surface area is 109 Å². The van der Waals surface area contributed by atoms with Gasteiger partial charge in [0.05, 0.1) is 6.61 Å². The van der Waals surface area contributed by atoms with Crippen molar-refractivity contribution >= 4 is 11.6 Å². The molecule has 0 spiro atoms. The summed E-state index contributed by atoms with van der Waals surface area (Å²) in [6.07, 6.45) is 0.803. The minimum Gasteiger partial charge on any atom is -0.395 e. The zero-order valence-electron chi connectivity index (χ0n) is 11.8. The standard InChI is InChI=1S/C13H24N4O/c1-5-11-15-12(14-6-2)9-13(16-11)17(7-8-18)10(3)4/h9-10,18H,5-8H2,1-4H3,(H,14,15,16). The van der Waals surface area contributed by atoms with Gasteiger partial charge in [-0.2, -0.15) is 0 Å². The van der Waals surface area contributed by atoms with Crippen molar-refractivity contribution in [3.05, 3.63) is 11.9 Å². The molecule has 0 atom stereocenters. The van der Waals surface area contributed by atoms with Crippen LogP contribution in [0.4, 0.5) is 11.6 Å². The summed E-state index contributed by atoms with van der Waals surface area (Å²) in [7, 11) is 0. The van der Waals surface area contributed by atoms with Gasteiger partial charge in [0.2, 0.25) is 0 Å². The van der Waals surface area contributed by atoms with Gasteiger partial charge >= 0.3 is 0 Å². The second-order valence-electron chi connectivity index (χ2n) is 4.42. The van der Waals surface area contributed by atoms with Gasteiger partial charge < -0.3 is 15.3 Å². The van der Waals surface area contributed by atoms with Gasteiger partial charge in [0.25, 0.3) is 0 Å². The maximum Gasteiger partial charge on any atom is 0.134 e. The molecule has 1 aromatic heterocycles. The minimum atomic E-state index is 0.125. The van der Waals surface area contributed by atoms with E-state index in [0.29, 0.717) is 12.6 Å². The van der Waals surface area contributed by atoms with Crippen LogP contribution in [0.25, 0.3) is 0 Å². The molecule has 18 heavy (non-hydrogen) atoms. The smallest absolute Gasteiger partial charge is 0.134 e. The van der Waals surface area contributed by atoms with E-state index in [-0.39, 0.29) is 6.61 Å². The van der Waals surface area contributed by atoms with E-state index in [4.69, 9.17) is 5.11 Å². The summed E-state index contributed by atoms with van der Waals surface area (Å²) in [5.41, 5.74) is 0. The van der Waals surface area contributed by atoms with Crippen LogP contribution in [-0.2, 0) is 6.42 Å². The van der Waals surface area contributed by atoms with E-state index in [0.717, 1.165) is 30.4 Å². The predicted octanol–water partition coefficient (Wildman–Crippen LogP) is 1.68. The fourth-order valence-corrected chi connectivity index (χ4v) is 1.81. The zero-order chi connectivity index (χ0) is 13.5. The number of aliphatic hydroxyl groups excluding tert-OH is 1. The van der Waals surface area contributed by atoms with Gasteiger partial charge in [-0.3, -0.25) is 0 Å².